The molecule has 0 bridgehead atoms. The summed E-state index contributed by atoms with van der Waals surface area (Å²) < 4.78 is 5.06. The summed E-state index contributed by atoms with van der Waals surface area (Å²) in [5, 5.41) is 2.86. The predicted molar refractivity (Wildman–Crippen MR) is 79.8 cm³/mol. The van der Waals surface area contributed by atoms with Gasteiger partial charge in [0.2, 0.25) is 0 Å². The molecule has 0 aliphatic heterocycles. The fraction of sp³-hybridized carbons (Fsp3) is 0.188. The predicted octanol–water partition coefficient (Wildman–Crippen LogP) is 2.52. The summed E-state index contributed by atoms with van der Waals surface area (Å²) >= 11 is 0. The molecule has 0 spiro atoms. The number of anilines is 1. The molecular formula is C16H18N2O2. The van der Waals surface area contributed by atoms with Crippen LogP contribution in [-0.2, 0) is 6.54 Å². The van der Waals surface area contributed by atoms with Gasteiger partial charge in [-0.1, -0.05) is 29.8 Å². The highest BCUT2D eigenvalue weighted by molar-refractivity contribution is 5.95. The van der Waals surface area contributed by atoms with Crippen molar-refractivity contribution in [2.45, 2.75) is 13.5 Å². The molecule has 0 saturated carbocycles. The van der Waals surface area contributed by atoms with Crippen LogP contribution < -0.4 is 15.8 Å². The number of methoxy groups -OCH3 is 1. The van der Waals surface area contributed by atoms with Gasteiger partial charge in [-0.3, -0.25) is 4.79 Å². The molecule has 2 rings (SSSR count). The van der Waals surface area contributed by atoms with Gasteiger partial charge < -0.3 is 15.8 Å². The van der Waals surface area contributed by atoms with Crippen molar-refractivity contribution in [3.63, 3.8) is 0 Å². The summed E-state index contributed by atoms with van der Waals surface area (Å²) in [4.78, 5) is 12.0. The van der Waals surface area contributed by atoms with E-state index in [1.165, 1.54) is 5.56 Å². The van der Waals surface area contributed by atoms with Gasteiger partial charge in [0.25, 0.3) is 5.91 Å². The van der Waals surface area contributed by atoms with E-state index in [0.717, 1.165) is 5.56 Å². The average Bonchev–Trinajstić information content (AvgIpc) is 2.46. The van der Waals surface area contributed by atoms with Crippen LogP contribution in [0.5, 0.6) is 5.75 Å². The second kappa shape index (κ2) is 6.10. The highest BCUT2D eigenvalue weighted by Crippen LogP contribution is 2.21. The summed E-state index contributed by atoms with van der Waals surface area (Å²) in [6.07, 6.45) is 0. The van der Waals surface area contributed by atoms with E-state index in [2.05, 4.69) is 5.32 Å². The highest BCUT2D eigenvalue weighted by Gasteiger charge is 2.08. The second-order valence-corrected chi connectivity index (χ2v) is 4.63. The van der Waals surface area contributed by atoms with Crippen LogP contribution in [0.15, 0.2) is 42.5 Å². The number of hydrogen-bond donors (Lipinski definition) is 2. The molecule has 0 unspecified atom stereocenters. The maximum absolute atomic E-state index is 12.0. The zero-order valence-corrected chi connectivity index (χ0v) is 11.6. The van der Waals surface area contributed by atoms with Crippen LogP contribution in [0.25, 0.3) is 0 Å². The lowest BCUT2D eigenvalue weighted by Gasteiger charge is -2.08. The van der Waals surface area contributed by atoms with Gasteiger partial charge in [-0.25, -0.2) is 0 Å². The SMILES string of the molecule is COc1ccc(C(=O)NCc2ccc(C)cc2)cc1N. The van der Waals surface area contributed by atoms with E-state index in [0.29, 0.717) is 23.5 Å². The number of hydrogen-bond acceptors (Lipinski definition) is 3. The molecule has 4 heteroatoms. The standard InChI is InChI=1S/C16H18N2O2/c1-11-3-5-12(6-4-11)10-18-16(19)13-7-8-15(20-2)14(17)9-13/h3-9H,10,17H2,1-2H3,(H,18,19). The molecule has 3 N–H and O–H groups in total. The number of benzene rings is 2. The monoisotopic (exact) mass is 270 g/mol. The van der Waals surface area contributed by atoms with Crippen LogP contribution in [-0.4, -0.2) is 13.0 Å². The Labute approximate surface area is 118 Å². The van der Waals surface area contributed by atoms with Gasteiger partial charge in [0.1, 0.15) is 5.75 Å². The Kier molecular flexibility index (Phi) is 4.25. The number of amides is 1. The molecular weight excluding hydrogens is 252 g/mol. The molecule has 0 aliphatic carbocycles. The van der Waals surface area contributed by atoms with Gasteiger partial charge in [0.05, 0.1) is 12.8 Å². The molecule has 0 radical (unpaired) electrons. The van der Waals surface area contributed by atoms with Crippen LogP contribution in [0.1, 0.15) is 21.5 Å². The minimum absolute atomic E-state index is 0.153. The molecule has 1 amide bonds. The Morgan fingerprint density at radius 2 is 1.90 bits per heavy atom. The van der Waals surface area contributed by atoms with Crippen molar-refractivity contribution in [3.8, 4) is 5.75 Å². The van der Waals surface area contributed by atoms with Crippen molar-refractivity contribution < 1.29 is 9.53 Å². The van der Waals surface area contributed by atoms with Gasteiger partial charge in [0, 0.05) is 12.1 Å². The van der Waals surface area contributed by atoms with Crippen molar-refractivity contribution in [1.82, 2.24) is 5.32 Å². The number of carbonyl (C=O) groups excluding carboxylic acids is 1. The lowest BCUT2D eigenvalue weighted by atomic mass is 10.1. The van der Waals surface area contributed by atoms with Crippen LogP contribution in [0, 0.1) is 6.92 Å². The lowest BCUT2D eigenvalue weighted by Crippen LogP contribution is -2.22. The fourth-order valence-corrected chi connectivity index (χ4v) is 1.87. The normalized spacial score (nSPS) is 10.1. The molecule has 0 saturated heterocycles. The molecule has 0 fully saturated rings. The van der Waals surface area contributed by atoms with Crippen molar-refractivity contribution >= 4 is 11.6 Å². The Balaban J connectivity index is 2.01. The molecule has 0 heterocycles. The number of nitrogens with two attached hydrogens (primary N) is 1. The Bertz CT molecular complexity index is 606. The van der Waals surface area contributed by atoms with E-state index >= 15 is 0 Å². The Hall–Kier alpha value is -2.49. The summed E-state index contributed by atoms with van der Waals surface area (Å²) in [5.41, 5.74) is 9.02. The molecule has 20 heavy (non-hydrogen) atoms. The van der Waals surface area contributed by atoms with Crippen LogP contribution >= 0.6 is 0 Å². The highest BCUT2D eigenvalue weighted by atomic mass is 16.5. The third kappa shape index (κ3) is 3.29. The van der Waals surface area contributed by atoms with Crippen molar-refractivity contribution in [1.29, 1.82) is 0 Å². The minimum atomic E-state index is -0.153. The number of carbonyl (C=O) groups is 1. The first-order valence-corrected chi connectivity index (χ1v) is 6.37. The topological polar surface area (TPSA) is 64.3 Å². The number of aryl methyl sites for hydroxylation is 1. The third-order valence-electron chi connectivity index (χ3n) is 3.07. The van der Waals surface area contributed by atoms with Crippen LogP contribution in [0.3, 0.4) is 0 Å². The number of nitrogen functional groups attached to an aromatic ring is 1. The molecule has 0 atom stereocenters. The van der Waals surface area contributed by atoms with E-state index in [1.54, 1.807) is 25.3 Å². The maximum atomic E-state index is 12.0. The quantitative estimate of drug-likeness (QED) is 0.839. The summed E-state index contributed by atoms with van der Waals surface area (Å²) in [6, 6.07) is 13.0. The first kappa shape index (κ1) is 13.9. The zero-order chi connectivity index (χ0) is 14.5. The zero-order valence-electron chi connectivity index (χ0n) is 11.6. The van der Waals surface area contributed by atoms with Gasteiger partial charge in [-0.05, 0) is 30.7 Å². The van der Waals surface area contributed by atoms with Gasteiger partial charge in [-0.2, -0.15) is 0 Å². The van der Waals surface area contributed by atoms with Crippen LogP contribution in [0.2, 0.25) is 0 Å². The van der Waals surface area contributed by atoms with Gasteiger partial charge in [-0.15, -0.1) is 0 Å². The first-order chi connectivity index (χ1) is 9.60. The second-order valence-electron chi connectivity index (χ2n) is 4.63. The molecule has 4 nitrogen and oxygen atoms in total. The average molecular weight is 270 g/mol. The van der Waals surface area contributed by atoms with Gasteiger partial charge >= 0.3 is 0 Å². The summed E-state index contributed by atoms with van der Waals surface area (Å²) in [5.74, 6) is 0.417. The fourth-order valence-electron chi connectivity index (χ4n) is 1.87. The molecule has 2 aromatic carbocycles. The van der Waals surface area contributed by atoms with E-state index in [4.69, 9.17) is 10.5 Å². The third-order valence-corrected chi connectivity index (χ3v) is 3.07. The smallest absolute Gasteiger partial charge is 0.251 e. The molecule has 0 aliphatic rings. The largest absolute Gasteiger partial charge is 0.495 e. The van der Waals surface area contributed by atoms with E-state index in [9.17, 15) is 4.79 Å². The summed E-state index contributed by atoms with van der Waals surface area (Å²) in [7, 11) is 1.54. The molecule has 0 aromatic heterocycles. The van der Waals surface area contributed by atoms with Crippen molar-refractivity contribution in [2.75, 3.05) is 12.8 Å². The number of nitrogens with one attached hydrogen (secondary N) is 1. The number of ether oxygens (including phenoxy) is 1. The molecule has 2 aromatic rings. The minimum Gasteiger partial charge on any atom is -0.495 e. The summed E-state index contributed by atoms with van der Waals surface area (Å²) in [6.45, 7) is 2.52. The van der Waals surface area contributed by atoms with E-state index < -0.39 is 0 Å². The first-order valence-electron chi connectivity index (χ1n) is 6.37. The van der Waals surface area contributed by atoms with Crippen molar-refractivity contribution in [2.24, 2.45) is 0 Å². The van der Waals surface area contributed by atoms with Gasteiger partial charge in [0.15, 0.2) is 0 Å². The molecule has 104 valence electrons. The van der Waals surface area contributed by atoms with E-state index in [1.807, 2.05) is 31.2 Å². The van der Waals surface area contributed by atoms with Crippen molar-refractivity contribution in [3.05, 3.63) is 59.2 Å². The lowest BCUT2D eigenvalue weighted by molar-refractivity contribution is 0.0951. The van der Waals surface area contributed by atoms with Crippen LogP contribution in [0.4, 0.5) is 5.69 Å². The Morgan fingerprint density at radius 1 is 1.20 bits per heavy atom. The maximum Gasteiger partial charge on any atom is 0.251 e. The Morgan fingerprint density at radius 3 is 2.50 bits per heavy atom. The van der Waals surface area contributed by atoms with E-state index in [-0.39, 0.29) is 5.91 Å². The number of rotatable bonds is 4.